The number of benzene rings is 1. The molecule has 5 nitrogen and oxygen atoms in total. The van der Waals surface area contributed by atoms with E-state index < -0.39 is 12.0 Å². The van der Waals surface area contributed by atoms with Gasteiger partial charge in [0.05, 0.1) is 6.04 Å². The highest BCUT2D eigenvalue weighted by Gasteiger charge is 2.32. The Morgan fingerprint density at radius 3 is 2.83 bits per heavy atom. The summed E-state index contributed by atoms with van der Waals surface area (Å²) in [4.78, 5) is 23.4. The van der Waals surface area contributed by atoms with E-state index >= 15 is 0 Å². The Morgan fingerprint density at radius 1 is 1.46 bits per heavy atom. The predicted octanol–water partition coefficient (Wildman–Crippen LogP) is 3.33. The van der Waals surface area contributed by atoms with Gasteiger partial charge in [0.2, 0.25) is 5.91 Å². The number of carboxylic acid groups (broad SMARTS) is 1. The Balaban J connectivity index is 2.31. The smallest absolute Gasteiger partial charge is 0.326 e. The van der Waals surface area contributed by atoms with E-state index in [1.54, 1.807) is 10.6 Å². The lowest BCUT2D eigenvalue weighted by Crippen LogP contribution is -2.32. The van der Waals surface area contributed by atoms with Crippen LogP contribution in [0.1, 0.15) is 56.5 Å². The van der Waals surface area contributed by atoms with E-state index in [-0.39, 0.29) is 17.8 Å². The average molecular weight is 332 g/mol. The van der Waals surface area contributed by atoms with Crippen molar-refractivity contribution in [1.29, 1.82) is 0 Å². The lowest BCUT2D eigenvalue weighted by atomic mass is 9.91. The Morgan fingerprint density at radius 2 is 2.21 bits per heavy atom. The molecule has 2 atom stereocenters. The van der Waals surface area contributed by atoms with Gasteiger partial charge in [-0.15, -0.1) is 0 Å². The standard InChI is InChI=1S/C18H21FN2O3/c1-3-15(18(23)24)21-16-8-7-11(19)9-13(16)12-5-4-6-14(17(12)21)20-10(2)22/h7-9,14-15H,3-6H2,1-2H3,(H,20,22)(H,23,24). The Labute approximate surface area is 139 Å². The van der Waals surface area contributed by atoms with Gasteiger partial charge in [-0.25, -0.2) is 9.18 Å². The van der Waals surface area contributed by atoms with Crippen LogP contribution >= 0.6 is 0 Å². The van der Waals surface area contributed by atoms with Crippen LogP contribution in [-0.2, 0) is 16.0 Å². The molecule has 1 aromatic carbocycles. The van der Waals surface area contributed by atoms with Crippen molar-refractivity contribution in [2.24, 2.45) is 0 Å². The van der Waals surface area contributed by atoms with Crippen molar-refractivity contribution in [3.63, 3.8) is 0 Å². The second kappa shape index (κ2) is 6.26. The van der Waals surface area contributed by atoms with E-state index in [2.05, 4.69) is 5.32 Å². The fourth-order valence-corrected chi connectivity index (χ4v) is 3.82. The summed E-state index contributed by atoms with van der Waals surface area (Å²) in [6.45, 7) is 3.27. The minimum atomic E-state index is -0.923. The number of nitrogens with one attached hydrogen (secondary N) is 1. The van der Waals surface area contributed by atoms with Gasteiger partial charge in [-0.1, -0.05) is 6.92 Å². The molecule has 0 saturated carbocycles. The number of hydrogen-bond acceptors (Lipinski definition) is 2. The molecule has 128 valence electrons. The summed E-state index contributed by atoms with van der Waals surface area (Å²) in [6.07, 6.45) is 2.79. The number of aromatic nitrogens is 1. The maximum atomic E-state index is 13.8. The monoisotopic (exact) mass is 332 g/mol. The summed E-state index contributed by atoms with van der Waals surface area (Å²) in [7, 11) is 0. The van der Waals surface area contributed by atoms with Crippen LogP contribution in [0.25, 0.3) is 10.9 Å². The molecule has 0 saturated heterocycles. The first kappa shape index (κ1) is 16.5. The van der Waals surface area contributed by atoms with Gasteiger partial charge in [0.25, 0.3) is 0 Å². The highest BCUT2D eigenvalue weighted by atomic mass is 19.1. The van der Waals surface area contributed by atoms with Gasteiger partial charge in [0, 0.05) is 23.5 Å². The van der Waals surface area contributed by atoms with E-state index in [1.165, 1.54) is 19.1 Å². The highest BCUT2D eigenvalue weighted by Crippen LogP contribution is 2.40. The third-order valence-corrected chi connectivity index (χ3v) is 4.72. The van der Waals surface area contributed by atoms with Crippen molar-refractivity contribution in [2.75, 3.05) is 0 Å². The van der Waals surface area contributed by atoms with Crippen LogP contribution < -0.4 is 5.32 Å². The van der Waals surface area contributed by atoms with Gasteiger partial charge in [-0.2, -0.15) is 0 Å². The Kier molecular flexibility index (Phi) is 4.30. The lowest BCUT2D eigenvalue weighted by molar-refractivity contribution is -0.140. The Bertz CT molecular complexity index is 812. The summed E-state index contributed by atoms with van der Waals surface area (Å²) in [6, 6.07) is 3.48. The minimum Gasteiger partial charge on any atom is -0.480 e. The van der Waals surface area contributed by atoms with Crippen molar-refractivity contribution in [1.82, 2.24) is 9.88 Å². The molecular formula is C18H21FN2O3. The van der Waals surface area contributed by atoms with Crippen LogP contribution in [0.15, 0.2) is 18.2 Å². The third kappa shape index (κ3) is 2.66. The molecule has 0 aliphatic heterocycles. The number of amides is 1. The summed E-state index contributed by atoms with van der Waals surface area (Å²) in [5.41, 5.74) is 2.48. The van der Waals surface area contributed by atoms with Crippen molar-refractivity contribution in [2.45, 2.75) is 51.6 Å². The molecule has 0 fully saturated rings. The quantitative estimate of drug-likeness (QED) is 0.902. The first-order chi connectivity index (χ1) is 11.4. The molecule has 24 heavy (non-hydrogen) atoms. The van der Waals surface area contributed by atoms with Crippen LogP contribution in [0.5, 0.6) is 0 Å². The lowest BCUT2D eigenvalue weighted by Gasteiger charge is -2.28. The first-order valence-corrected chi connectivity index (χ1v) is 8.26. The molecule has 0 bridgehead atoms. The van der Waals surface area contributed by atoms with Gasteiger partial charge >= 0.3 is 5.97 Å². The molecule has 2 aromatic rings. The van der Waals surface area contributed by atoms with Gasteiger partial charge in [-0.05, 0) is 49.4 Å². The van der Waals surface area contributed by atoms with Gasteiger partial charge in [0.1, 0.15) is 11.9 Å². The molecule has 1 amide bonds. The number of fused-ring (bicyclic) bond motifs is 3. The van der Waals surface area contributed by atoms with Gasteiger partial charge < -0.3 is 15.0 Å². The zero-order valence-corrected chi connectivity index (χ0v) is 13.8. The SMILES string of the molecule is CCC(C(=O)O)n1c2c(c3cc(F)ccc31)CCCC2NC(C)=O. The largest absolute Gasteiger partial charge is 0.480 e. The Hall–Kier alpha value is -2.37. The zero-order valence-electron chi connectivity index (χ0n) is 13.8. The fourth-order valence-electron chi connectivity index (χ4n) is 3.82. The van der Waals surface area contributed by atoms with E-state index in [0.717, 1.165) is 35.9 Å². The highest BCUT2D eigenvalue weighted by molar-refractivity contribution is 5.88. The third-order valence-electron chi connectivity index (χ3n) is 4.72. The van der Waals surface area contributed by atoms with Crippen LogP contribution in [0.3, 0.4) is 0 Å². The van der Waals surface area contributed by atoms with E-state index in [1.807, 2.05) is 6.92 Å². The molecule has 6 heteroatoms. The van der Waals surface area contributed by atoms with Crippen LogP contribution in [0.4, 0.5) is 4.39 Å². The minimum absolute atomic E-state index is 0.154. The summed E-state index contributed by atoms with van der Waals surface area (Å²) in [5, 5.41) is 13.3. The normalized spacial score (nSPS) is 18.2. The van der Waals surface area contributed by atoms with Crippen molar-refractivity contribution < 1.29 is 19.1 Å². The van der Waals surface area contributed by atoms with E-state index in [4.69, 9.17) is 0 Å². The number of aryl methyl sites for hydroxylation is 1. The van der Waals surface area contributed by atoms with Crippen molar-refractivity contribution in [3.8, 4) is 0 Å². The molecule has 3 rings (SSSR count). The molecule has 0 radical (unpaired) electrons. The number of rotatable bonds is 4. The van der Waals surface area contributed by atoms with E-state index in [0.29, 0.717) is 11.9 Å². The summed E-state index contributed by atoms with van der Waals surface area (Å²) in [5.74, 6) is -1.42. The maximum absolute atomic E-state index is 13.8. The number of carbonyl (C=O) groups excluding carboxylic acids is 1. The first-order valence-electron chi connectivity index (χ1n) is 8.26. The maximum Gasteiger partial charge on any atom is 0.326 e. The van der Waals surface area contributed by atoms with Crippen molar-refractivity contribution in [3.05, 3.63) is 35.3 Å². The molecular weight excluding hydrogens is 311 g/mol. The molecule has 2 N–H and O–H groups in total. The second-order valence-electron chi connectivity index (χ2n) is 6.30. The molecule has 2 unspecified atom stereocenters. The summed E-state index contributed by atoms with van der Waals surface area (Å²) < 4.78 is 15.6. The number of carboxylic acids is 1. The zero-order chi connectivity index (χ0) is 17.4. The van der Waals surface area contributed by atoms with Crippen molar-refractivity contribution >= 4 is 22.8 Å². The second-order valence-corrected chi connectivity index (χ2v) is 6.30. The summed E-state index contributed by atoms with van der Waals surface area (Å²) >= 11 is 0. The number of nitrogens with zero attached hydrogens (tertiary/aromatic N) is 1. The van der Waals surface area contributed by atoms with Crippen LogP contribution in [0.2, 0.25) is 0 Å². The number of aliphatic carboxylic acids is 1. The number of hydrogen-bond donors (Lipinski definition) is 2. The van der Waals surface area contributed by atoms with Crippen LogP contribution in [-0.4, -0.2) is 21.6 Å². The molecule has 0 spiro atoms. The molecule has 1 heterocycles. The topological polar surface area (TPSA) is 71.3 Å². The van der Waals surface area contributed by atoms with Gasteiger partial charge in [0.15, 0.2) is 0 Å². The molecule has 1 aromatic heterocycles. The fraction of sp³-hybridized carbons (Fsp3) is 0.444. The van der Waals surface area contributed by atoms with Crippen LogP contribution in [0, 0.1) is 5.82 Å². The van der Waals surface area contributed by atoms with Gasteiger partial charge in [-0.3, -0.25) is 4.79 Å². The number of halogens is 1. The molecule has 1 aliphatic carbocycles. The van der Waals surface area contributed by atoms with E-state index in [9.17, 15) is 19.1 Å². The number of carbonyl (C=O) groups is 2. The predicted molar refractivity (Wildman–Crippen MR) is 88.4 cm³/mol. The average Bonchev–Trinajstić information content (AvgIpc) is 2.82. The molecule has 1 aliphatic rings.